The molecule has 19 rings (SSSR count). The molecule has 5 aromatic heterocycles. The summed E-state index contributed by atoms with van der Waals surface area (Å²) < 4.78 is 50.5. The van der Waals surface area contributed by atoms with E-state index in [1.165, 1.54) is 25.0 Å². The number of hydrogen-bond donors (Lipinski definition) is 4. The Kier molecular flexibility index (Phi) is 56.7. The van der Waals surface area contributed by atoms with Crippen molar-refractivity contribution in [1.82, 2.24) is 49.8 Å². The molecule has 4 saturated heterocycles. The number of aliphatic hydroxyl groups excluding tert-OH is 1. The second kappa shape index (κ2) is 60.2. The summed E-state index contributed by atoms with van der Waals surface area (Å²) >= 11 is 15.6. The monoisotopic (exact) mass is 2130 g/mol. The van der Waals surface area contributed by atoms with E-state index < -0.39 is 0 Å². The van der Waals surface area contributed by atoms with Crippen molar-refractivity contribution < 1.29 is 262 Å². The van der Waals surface area contributed by atoms with Gasteiger partial charge in [-0.1, -0.05) is 101 Å². The van der Waals surface area contributed by atoms with Crippen LogP contribution in [0.3, 0.4) is 0 Å². The molecule has 6 aliphatic carbocycles. The smallest absolute Gasteiger partial charge is 1.00 e. The van der Waals surface area contributed by atoms with Crippen LogP contribution in [0.4, 0.5) is 0 Å². The Morgan fingerprint density at radius 3 is 1.16 bits per heavy atom. The molecule has 0 bridgehead atoms. The molecule has 0 unspecified atom stereocenters. The molecule has 10 fully saturated rings. The first-order valence-corrected chi connectivity index (χ1v) is 41.5. The number of fused-ring (bicyclic) bond motifs is 2. The number of Topliss-reactive ketones (excluding diaryl/α,β-unsaturated/α-hetero) is 3. The number of hydrogen-bond acceptors (Lipinski definition) is 27. The van der Waals surface area contributed by atoms with Crippen LogP contribution >= 0.6 is 51.5 Å². The van der Waals surface area contributed by atoms with Crippen molar-refractivity contribution in [1.29, 1.82) is 0 Å². The summed E-state index contributed by atoms with van der Waals surface area (Å²) in [6, 6.07) is 28.0. The van der Waals surface area contributed by atoms with Gasteiger partial charge in [-0.15, -0.1) is 12.4 Å². The number of H-pyrrole nitrogens is 2. The predicted molar refractivity (Wildman–Crippen MR) is 477 cm³/mol. The number of ketones is 5. The van der Waals surface area contributed by atoms with E-state index in [2.05, 4.69) is 70.7 Å². The summed E-state index contributed by atoms with van der Waals surface area (Å²) in [5.41, 5.74) is 6.72. The fourth-order valence-electron chi connectivity index (χ4n) is 15.6. The molecular weight excluding hydrogens is 2010 g/mol. The van der Waals surface area contributed by atoms with E-state index in [0.717, 1.165) is 182 Å². The van der Waals surface area contributed by atoms with E-state index in [9.17, 15) is 34.2 Å². The number of rotatable bonds is 10. The topological polar surface area (TPSA) is 393 Å². The third-order valence-corrected chi connectivity index (χ3v) is 23.5. The number of nitrogens with zero attached hydrogens (tertiary/aromatic N) is 8. The van der Waals surface area contributed by atoms with Crippen LogP contribution in [0.5, 0.6) is 17.4 Å². The Hall–Kier alpha value is -3.40. The molecule has 4 aromatic carbocycles. The molecule has 29 nitrogen and oxygen atoms in total. The molecule has 127 heavy (non-hydrogen) atoms. The first-order valence-electron chi connectivity index (χ1n) is 39.8. The number of para-hydroxylation sites is 4. The van der Waals surface area contributed by atoms with E-state index in [0.29, 0.717) is 130 Å². The second-order valence-electron chi connectivity index (χ2n) is 29.7. The van der Waals surface area contributed by atoms with E-state index in [-0.39, 0.29) is 287 Å². The summed E-state index contributed by atoms with van der Waals surface area (Å²) in [4.78, 5) is 110. The molecule has 10 aliphatic rings. The Morgan fingerprint density at radius 1 is 0.465 bits per heavy atom. The molecule has 6 saturated carbocycles. The number of alkyl halides is 1. The van der Waals surface area contributed by atoms with Gasteiger partial charge >= 0.3 is 167 Å². The van der Waals surface area contributed by atoms with Crippen LogP contribution in [0.25, 0.3) is 22.1 Å². The number of carbonyl (C=O) groups is 6. The fourth-order valence-corrected chi connectivity index (χ4v) is 16.6. The van der Waals surface area contributed by atoms with Crippen molar-refractivity contribution >= 4 is 117 Å². The van der Waals surface area contributed by atoms with Crippen LogP contribution in [0.15, 0.2) is 134 Å². The zero-order valence-electron chi connectivity index (χ0n) is 70.8. The number of halogens is 4. The number of phenolic OH excluding ortho intramolecular Hbond substituents is 1. The second-order valence-corrected chi connectivity index (χ2v) is 31.7. The molecule has 4 N–H and O–H groups in total. The summed E-state index contributed by atoms with van der Waals surface area (Å²) in [7, 11) is 0. The Labute approximate surface area is 914 Å². The van der Waals surface area contributed by atoms with Gasteiger partial charge in [-0.05, 0) is 137 Å². The van der Waals surface area contributed by atoms with E-state index in [1.807, 2.05) is 48.5 Å². The van der Waals surface area contributed by atoms with Crippen LogP contribution in [0.1, 0.15) is 261 Å². The van der Waals surface area contributed by atoms with Gasteiger partial charge in [0.05, 0.1) is 92.4 Å². The normalized spacial score (nSPS) is 19.4. The molecular formula is C90H119BBrCl3Cs2N10NaO19. The Morgan fingerprint density at radius 2 is 0.780 bits per heavy atom. The zero-order valence-corrected chi connectivity index (χ0v) is 87.3. The SMILES string of the molecule is BrC1CCC2(CC1)OCCO2.C.C.C.C.C.Cl.Clc1nccnc1C1CCC2(CC1)OCCO2.O=C(c1ccc(O)cc1)c1nc2ccccc2[nH]1.O=C1CCC(c2nccnc2Cl)CC1.O=C1CCC(c2nccnc2Oc2ccc(C(=O)c3nc4ccccc4[nH]3)cc2)CC1.O=C1CCC2(CC1)OCCO2.O=CO[O-].OC1CCC2(CC1)OCCO2.[B].[Cs+].[Cs+].[H-].[H-].[Na+]. The molecule has 4 spiro atoms. The van der Waals surface area contributed by atoms with Crippen molar-refractivity contribution in [2.75, 3.05) is 52.9 Å². The molecule has 0 atom stereocenters. The van der Waals surface area contributed by atoms with Crippen molar-refractivity contribution in [3.8, 4) is 17.4 Å². The number of phenols is 1. The molecule has 4 aliphatic heterocycles. The standard InChI is InChI=1S/C24H20N4O3.C14H10N2O2.C12H15ClN2O2.C10H11ClN2O.C8H13BrO2.C8H14O3.C8H12O3.CH2O3.5CH4.B.ClH.2Cs.Na.2H/c29-17-9-5-15(6-10-17)21-24(26-14-13-25-21)31-18-11-7-16(8-12-18)22(30)23-27-19-3-1-2-4-20(19)28-23;17-10-7-5-9(6-8-10)13(18)14-15-11-3-1-2-4-12(11)16-14;13-11-10(14-5-6-15-11)9-1-3-12(4-2-9)16-7-8-17-12;11-10-9(12-5-6-13-10)7-1-3-8(14)4-2-7;3*9-7-1-3-8(4-2-7)10-5-6-11-8;2-1-4-3;;;;;;;;;;;;/h1-4,7-8,11-15H,5-6,9-10H2,(H,27,28);1-8,17H,(H,15,16);5-6,9H,1-4,7-8H2;5-7H,1-4H2;7H,1-6H2;7,9H,1-6H2;1-6H2;1,3H;5*1H4;;1H;;;;;/q;;;;;;;;;;;;;;;3*+1;2*-1/p-1. The minimum Gasteiger partial charge on any atom is -1.00 e. The fraction of sp³-hybridized carbons (Fsp3) is 0.511. The van der Waals surface area contributed by atoms with Crippen molar-refractivity contribution in [3.63, 3.8) is 0 Å². The van der Waals surface area contributed by atoms with E-state index >= 15 is 0 Å². The van der Waals surface area contributed by atoms with E-state index in [4.69, 9.17) is 75.9 Å². The van der Waals surface area contributed by atoms with Gasteiger partial charge < -0.3 is 75.8 Å². The predicted octanol–water partition coefficient (Wildman–Crippen LogP) is 8.49. The van der Waals surface area contributed by atoms with Crippen molar-refractivity contribution in [2.45, 2.75) is 243 Å². The van der Waals surface area contributed by atoms with Crippen molar-refractivity contribution in [3.05, 3.63) is 184 Å². The summed E-state index contributed by atoms with van der Waals surface area (Å²) in [6.45, 7) is 5.64. The largest absolute Gasteiger partial charge is 1.00 e. The van der Waals surface area contributed by atoms with Gasteiger partial charge in [0.25, 0.3) is 6.47 Å². The Bertz CT molecular complexity index is 4640. The maximum atomic E-state index is 12.8. The number of benzene rings is 4. The zero-order chi connectivity index (χ0) is 82.0. The third-order valence-electron chi connectivity index (χ3n) is 22.0. The number of nitrogens with one attached hydrogen (secondary N) is 2. The van der Waals surface area contributed by atoms with Gasteiger partial charge in [0.2, 0.25) is 17.4 Å². The maximum Gasteiger partial charge on any atom is 1.00 e. The molecule has 9 aromatic rings. The van der Waals surface area contributed by atoms with Crippen LogP contribution in [-0.4, -0.2) is 191 Å². The number of aromatic amines is 2. The molecule has 3 radical (unpaired) electrons. The van der Waals surface area contributed by atoms with Gasteiger partial charge in [-0.25, -0.2) is 24.9 Å². The number of aromatic nitrogens is 10. The van der Waals surface area contributed by atoms with Gasteiger partial charge in [-0.2, -0.15) is 0 Å². The molecule has 0 amide bonds. The first kappa shape index (κ1) is 120. The number of aromatic hydroxyl groups is 1. The quantitative estimate of drug-likeness (QED) is 0.0249. The van der Waals surface area contributed by atoms with Crippen molar-refractivity contribution in [2.24, 2.45) is 0 Å². The number of imidazole rings is 2. The van der Waals surface area contributed by atoms with Crippen LogP contribution in [0.2, 0.25) is 10.3 Å². The van der Waals surface area contributed by atoms with Gasteiger partial charge in [0.15, 0.2) is 45.1 Å². The number of carbonyl (C=O) groups excluding carboxylic acids is 6. The minimum atomic E-state index is -0.367. The van der Waals surface area contributed by atoms with Gasteiger partial charge in [0.1, 0.15) is 34.5 Å². The molecule has 677 valence electrons. The average Bonchev–Trinajstić information content (AvgIpc) is 1.81. The summed E-state index contributed by atoms with van der Waals surface area (Å²) in [5, 5.41) is 27.9. The minimum absolute atomic E-state index is 0. The Balaban J connectivity index is 0.00000149. The first-order chi connectivity index (χ1) is 56.8. The van der Waals surface area contributed by atoms with Gasteiger partial charge in [0, 0.05) is 169 Å². The van der Waals surface area contributed by atoms with Crippen LogP contribution in [-0.2, 0) is 62.0 Å². The van der Waals surface area contributed by atoms with Crippen LogP contribution < -0.4 is 177 Å². The number of aliphatic hydroxyl groups is 1. The third kappa shape index (κ3) is 35.3. The molecule has 9 heterocycles. The summed E-state index contributed by atoms with van der Waals surface area (Å²) in [5.74, 6) is 2.06. The summed E-state index contributed by atoms with van der Waals surface area (Å²) in [6.07, 6.45) is 29.8. The van der Waals surface area contributed by atoms with Crippen LogP contribution in [0, 0.1) is 0 Å². The van der Waals surface area contributed by atoms with E-state index in [1.54, 1.807) is 73.6 Å². The number of ether oxygens (including phenoxy) is 9. The molecule has 37 heteroatoms. The maximum absolute atomic E-state index is 12.8. The van der Waals surface area contributed by atoms with Gasteiger partial charge in [-0.3, -0.25) is 43.7 Å². The average molecular weight is 2130 g/mol.